The summed E-state index contributed by atoms with van der Waals surface area (Å²) < 4.78 is 1.11. The number of nitriles is 1. The summed E-state index contributed by atoms with van der Waals surface area (Å²) in [5, 5.41) is 9.66. The number of fused-ring (bicyclic) bond motifs is 1. The van der Waals surface area contributed by atoms with Crippen LogP contribution >= 0.6 is 11.3 Å². The predicted octanol–water partition coefficient (Wildman–Crippen LogP) is 2.72. The molecule has 1 fully saturated rings. The van der Waals surface area contributed by atoms with Crippen molar-refractivity contribution in [3.8, 4) is 6.07 Å². The SMILES string of the molecule is N#CC1(Cc2ccc3nc(N)sc3c2)CC1. The number of nitrogens with two attached hydrogens (primary N) is 1. The standard InChI is InChI=1S/C12H11N3S/c13-7-12(3-4-12)6-8-1-2-9-10(5-8)16-11(14)15-9/h1-2,5H,3-4,6H2,(H2,14,15). The third-order valence-corrected chi connectivity index (χ3v) is 3.95. The molecule has 80 valence electrons. The van der Waals surface area contributed by atoms with E-state index in [1.165, 1.54) is 16.9 Å². The third-order valence-electron chi connectivity index (χ3n) is 3.10. The molecule has 0 spiro atoms. The van der Waals surface area contributed by atoms with Gasteiger partial charge in [-0.15, -0.1) is 0 Å². The first-order chi connectivity index (χ1) is 7.71. The Kier molecular flexibility index (Phi) is 1.92. The van der Waals surface area contributed by atoms with Crippen LogP contribution in [0.3, 0.4) is 0 Å². The summed E-state index contributed by atoms with van der Waals surface area (Å²) >= 11 is 1.50. The predicted molar refractivity (Wildman–Crippen MR) is 65.0 cm³/mol. The fraction of sp³-hybridized carbons (Fsp3) is 0.333. The van der Waals surface area contributed by atoms with E-state index in [1.54, 1.807) is 0 Å². The van der Waals surface area contributed by atoms with Crippen molar-refractivity contribution in [3.05, 3.63) is 23.8 Å². The second-order valence-electron chi connectivity index (χ2n) is 4.42. The van der Waals surface area contributed by atoms with Crippen molar-refractivity contribution in [3.63, 3.8) is 0 Å². The van der Waals surface area contributed by atoms with Gasteiger partial charge in [0, 0.05) is 0 Å². The number of benzene rings is 1. The lowest BCUT2D eigenvalue weighted by Crippen LogP contribution is -2.00. The topological polar surface area (TPSA) is 62.7 Å². The molecule has 1 aliphatic rings. The summed E-state index contributed by atoms with van der Waals surface area (Å²) in [6.07, 6.45) is 2.93. The number of hydrogen-bond acceptors (Lipinski definition) is 4. The minimum Gasteiger partial charge on any atom is -0.375 e. The van der Waals surface area contributed by atoms with E-state index in [-0.39, 0.29) is 5.41 Å². The highest BCUT2D eigenvalue weighted by molar-refractivity contribution is 7.22. The Balaban J connectivity index is 1.96. The van der Waals surface area contributed by atoms with Crippen molar-refractivity contribution in [2.75, 3.05) is 5.73 Å². The van der Waals surface area contributed by atoms with Crippen LogP contribution in [0.1, 0.15) is 18.4 Å². The molecule has 0 aliphatic heterocycles. The molecular formula is C12H11N3S. The number of nitrogen functional groups attached to an aromatic ring is 1. The van der Waals surface area contributed by atoms with Crippen LogP contribution in [0.5, 0.6) is 0 Å². The van der Waals surface area contributed by atoms with Crippen LogP contribution in [-0.4, -0.2) is 4.98 Å². The first kappa shape index (κ1) is 9.61. The molecule has 2 N–H and O–H groups in total. The lowest BCUT2D eigenvalue weighted by Gasteiger charge is -2.04. The van der Waals surface area contributed by atoms with Crippen LogP contribution in [0.4, 0.5) is 5.13 Å². The summed E-state index contributed by atoms with van der Waals surface area (Å²) in [6, 6.07) is 8.57. The molecule has 0 atom stereocenters. The van der Waals surface area contributed by atoms with E-state index in [4.69, 9.17) is 11.0 Å². The maximum atomic E-state index is 9.06. The zero-order chi connectivity index (χ0) is 11.2. The molecule has 2 aromatic rings. The van der Waals surface area contributed by atoms with Gasteiger partial charge in [-0.25, -0.2) is 4.98 Å². The highest BCUT2D eigenvalue weighted by Gasteiger charge is 2.42. The van der Waals surface area contributed by atoms with Crippen molar-refractivity contribution in [2.24, 2.45) is 5.41 Å². The maximum absolute atomic E-state index is 9.06. The van der Waals surface area contributed by atoms with Crippen LogP contribution in [-0.2, 0) is 6.42 Å². The van der Waals surface area contributed by atoms with E-state index in [1.807, 2.05) is 6.07 Å². The summed E-state index contributed by atoms with van der Waals surface area (Å²) in [6.45, 7) is 0. The van der Waals surface area contributed by atoms with Crippen molar-refractivity contribution >= 4 is 26.7 Å². The Morgan fingerprint density at radius 2 is 2.31 bits per heavy atom. The van der Waals surface area contributed by atoms with Crippen LogP contribution in [0, 0.1) is 16.7 Å². The lowest BCUT2D eigenvalue weighted by atomic mass is 9.98. The van der Waals surface area contributed by atoms with Crippen LogP contribution in [0.25, 0.3) is 10.2 Å². The summed E-state index contributed by atoms with van der Waals surface area (Å²) in [4.78, 5) is 4.22. The Labute approximate surface area is 97.5 Å². The minimum atomic E-state index is -0.0795. The molecular weight excluding hydrogens is 218 g/mol. The largest absolute Gasteiger partial charge is 0.375 e. The van der Waals surface area contributed by atoms with Crippen LogP contribution in [0.15, 0.2) is 18.2 Å². The highest BCUT2D eigenvalue weighted by atomic mass is 32.1. The molecule has 3 nitrogen and oxygen atoms in total. The van der Waals surface area contributed by atoms with Gasteiger partial charge in [-0.05, 0) is 37.0 Å². The van der Waals surface area contributed by atoms with Crippen molar-refractivity contribution in [2.45, 2.75) is 19.3 Å². The molecule has 0 saturated heterocycles. The molecule has 0 bridgehead atoms. The van der Waals surface area contributed by atoms with E-state index in [9.17, 15) is 0 Å². The number of nitrogens with zero attached hydrogens (tertiary/aromatic N) is 2. The normalized spacial score (nSPS) is 17.2. The molecule has 1 aromatic heterocycles. The van der Waals surface area contributed by atoms with Gasteiger partial charge in [0.15, 0.2) is 5.13 Å². The van der Waals surface area contributed by atoms with Gasteiger partial charge in [0.2, 0.25) is 0 Å². The monoisotopic (exact) mass is 229 g/mol. The number of anilines is 1. The van der Waals surface area contributed by atoms with Crippen molar-refractivity contribution < 1.29 is 0 Å². The summed E-state index contributed by atoms with van der Waals surface area (Å²) in [5.41, 5.74) is 7.75. The second kappa shape index (κ2) is 3.19. The van der Waals surface area contributed by atoms with E-state index in [0.29, 0.717) is 5.13 Å². The summed E-state index contributed by atoms with van der Waals surface area (Å²) in [5.74, 6) is 0. The number of thiazole rings is 1. The fourth-order valence-electron chi connectivity index (χ4n) is 1.97. The molecule has 0 unspecified atom stereocenters. The Morgan fingerprint density at radius 1 is 1.50 bits per heavy atom. The van der Waals surface area contributed by atoms with Crippen molar-refractivity contribution in [1.82, 2.24) is 4.98 Å². The molecule has 1 saturated carbocycles. The first-order valence-electron chi connectivity index (χ1n) is 5.27. The zero-order valence-electron chi connectivity index (χ0n) is 8.73. The van der Waals surface area contributed by atoms with Crippen LogP contribution in [0.2, 0.25) is 0 Å². The van der Waals surface area contributed by atoms with Gasteiger partial charge in [-0.3, -0.25) is 0 Å². The van der Waals surface area contributed by atoms with Gasteiger partial charge in [0.25, 0.3) is 0 Å². The number of aromatic nitrogens is 1. The van der Waals surface area contributed by atoms with Gasteiger partial charge in [-0.1, -0.05) is 17.4 Å². The number of hydrogen-bond donors (Lipinski definition) is 1. The first-order valence-corrected chi connectivity index (χ1v) is 6.09. The van der Waals surface area contributed by atoms with E-state index < -0.39 is 0 Å². The van der Waals surface area contributed by atoms with Gasteiger partial charge >= 0.3 is 0 Å². The zero-order valence-corrected chi connectivity index (χ0v) is 9.55. The molecule has 1 heterocycles. The molecule has 4 heteroatoms. The Morgan fingerprint density at radius 3 is 3.00 bits per heavy atom. The molecule has 1 aliphatic carbocycles. The average Bonchev–Trinajstić information content (AvgIpc) is 2.93. The molecule has 3 rings (SSSR count). The molecule has 16 heavy (non-hydrogen) atoms. The van der Waals surface area contributed by atoms with E-state index in [2.05, 4.69) is 23.2 Å². The van der Waals surface area contributed by atoms with Crippen LogP contribution < -0.4 is 5.73 Å². The Hall–Kier alpha value is -1.60. The smallest absolute Gasteiger partial charge is 0.181 e. The quantitative estimate of drug-likeness (QED) is 0.861. The molecule has 0 amide bonds. The number of rotatable bonds is 2. The van der Waals surface area contributed by atoms with Gasteiger partial charge in [-0.2, -0.15) is 5.26 Å². The fourth-order valence-corrected chi connectivity index (χ4v) is 2.76. The van der Waals surface area contributed by atoms with Gasteiger partial charge in [0.05, 0.1) is 21.7 Å². The molecule has 0 radical (unpaired) electrons. The lowest BCUT2D eigenvalue weighted by molar-refractivity contribution is 0.665. The van der Waals surface area contributed by atoms with Gasteiger partial charge in [0.1, 0.15) is 0 Å². The maximum Gasteiger partial charge on any atom is 0.181 e. The summed E-state index contributed by atoms with van der Waals surface area (Å²) in [7, 11) is 0. The van der Waals surface area contributed by atoms with Crippen molar-refractivity contribution in [1.29, 1.82) is 5.26 Å². The van der Waals surface area contributed by atoms with E-state index in [0.717, 1.165) is 29.5 Å². The molecule has 1 aromatic carbocycles. The Bertz CT molecular complexity index is 590. The average molecular weight is 229 g/mol. The third kappa shape index (κ3) is 1.54. The minimum absolute atomic E-state index is 0.0795. The second-order valence-corrected chi connectivity index (χ2v) is 5.49. The van der Waals surface area contributed by atoms with Gasteiger partial charge < -0.3 is 5.73 Å². The highest BCUT2D eigenvalue weighted by Crippen LogP contribution is 2.47. The van der Waals surface area contributed by atoms with E-state index >= 15 is 0 Å².